The van der Waals surface area contributed by atoms with Crippen LogP contribution < -0.4 is 4.74 Å². The van der Waals surface area contributed by atoms with Crippen molar-refractivity contribution in [3.8, 4) is 11.5 Å². The maximum atomic E-state index is 10.6. The van der Waals surface area contributed by atoms with Crippen molar-refractivity contribution in [2.75, 3.05) is 6.61 Å². The minimum Gasteiger partial charge on any atom is -0.457 e. The van der Waals surface area contributed by atoms with E-state index in [1.165, 1.54) is 50.5 Å². The number of ether oxygens (including phenoxy) is 1. The van der Waals surface area contributed by atoms with E-state index in [4.69, 9.17) is 4.74 Å². The normalized spacial score (nSPS) is 13.2. The van der Waals surface area contributed by atoms with Crippen molar-refractivity contribution in [1.29, 1.82) is 0 Å². The van der Waals surface area contributed by atoms with Crippen molar-refractivity contribution in [2.45, 2.75) is 90.3 Å². The predicted molar refractivity (Wildman–Crippen MR) is 127 cm³/mol. The van der Waals surface area contributed by atoms with Crippen molar-refractivity contribution in [1.82, 2.24) is 0 Å². The molecule has 2 atom stereocenters. The maximum absolute atomic E-state index is 10.6. The Hall–Kier alpha value is -1.88. The Bertz CT molecular complexity index is 741. The summed E-state index contributed by atoms with van der Waals surface area (Å²) < 4.78 is 6.07. The van der Waals surface area contributed by atoms with Gasteiger partial charge in [-0.3, -0.25) is 0 Å². The van der Waals surface area contributed by atoms with Gasteiger partial charge in [0.2, 0.25) is 0 Å². The average Bonchev–Trinajstić information content (AvgIpc) is 2.80. The molecule has 0 bridgehead atoms. The van der Waals surface area contributed by atoms with E-state index in [0.29, 0.717) is 17.1 Å². The summed E-state index contributed by atoms with van der Waals surface area (Å²) in [6, 6.07) is 13.8. The number of hydrogen-bond acceptors (Lipinski definition) is 4. The van der Waals surface area contributed by atoms with Gasteiger partial charge in [-0.25, -0.2) is 0 Å². The largest absolute Gasteiger partial charge is 0.457 e. The Morgan fingerprint density at radius 2 is 1.32 bits per heavy atom. The van der Waals surface area contributed by atoms with E-state index in [1.807, 2.05) is 30.3 Å². The first-order chi connectivity index (χ1) is 15.1. The van der Waals surface area contributed by atoms with Crippen LogP contribution in [0.15, 0.2) is 42.5 Å². The van der Waals surface area contributed by atoms with Crippen molar-refractivity contribution in [2.24, 2.45) is 0 Å². The molecule has 2 aromatic rings. The lowest BCUT2D eigenvalue weighted by molar-refractivity contribution is -0.0160. The van der Waals surface area contributed by atoms with E-state index in [9.17, 15) is 15.3 Å². The zero-order valence-corrected chi connectivity index (χ0v) is 19.2. The molecule has 2 aromatic carbocycles. The lowest BCUT2D eigenvalue weighted by Gasteiger charge is -2.20. The zero-order valence-electron chi connectivity index (χ0n) is 19.2. The number of benzene rings is 2. The van der Waals surface area contributed by atoms with Crippen LogP contribution in [-0.2, 0) is 12.8 Å². The number of aryl methyl sites for hydroxylation is 2. The highest BCUT2D eigenvalue weighted by Gasteiger charge is 2.22. The number of rotatable bonds is 15. The highest BCUT2D eigenvalue weighted by molar-refractivity contribution is 5.42. The van der Waals surface area contributed by atoms with Gasteiger partial charge >= 0.3 is 0 Å². The fraction of sp³-hybridized carbons (Fsp3) is 0.556. The Labute approximate surface area is 187 Å². The molecule has 0 aliphatic carbocycles. The average molecular weight is 429 g/mol. The fourth-order valence-electron chi connectivity index (χ4n) is 3.75. The second-order valence-electron chi connectivity index (χ2n) is 8.43. The highest BCUT2D eigenvalue weighted by Crippen LogP contribution is 2.33. The van der Waals surface area contributed by atoms with Gasteiger partial charge < -0.3 is 20.1 Å². The summed E-state index contributed by atoms with van der Waals surface area (Å²) in [7, 11) is 0. The van der Waals surface area contributed by atoms with Gasteiger partial charge in [-0.1, -0.05) is 70.6 Å². The number of hydrogen-bond donors (Lipinski definition) is 3. The molecule has 0 fully saturated rings. The monoisotopic (exact) mass is 428 g/mol. The molecule has 4 nitrogen and oxygen atoms in total. The number of aliphatic hydroxyl groups excluding tert-OH is 3. The van der Waals surface area contributed by atoms with Crippen LogP contribution in [-0.4, -0.2) is 28.0 Å². The Morgan fingerprint density at radius 3 is 1.90 bits per heavy atom. The van der Waals surface area contributed by atoms with E-state index in [1.54, 1.807) is 0 Å². The van der Waals surface area contributed by atoms with Crippen LogP contribution in [0.25, 0.3) is 0 Å². The van der Waals surface area contributed by atoms with Crippen molar-refractivity contribution >= 4 is 0 Å². The minimum atomic E-state index is -1.25. The molecule has 0 spiro atoms. The third-order valence-corrected chi connectivity index (χ3v) is 5.73. The Morgan fingerprint density at radius 1 is 0.742 bits per heavy atom. The first-order valence-corrected chi connectivity index (χ1v) is 12.0. The first kappa shape index (κ1) is 25.4. The minimum absolute atomic E-state index is 0.506. The smallest absolute Gasteiger partial charge is 0.133 e. The second kappa shape index (κ2) is 14.2. The van der Waals surface area contributed by atoms with Crippen LogP contribution in [0.2, 0.25) is 0 Å². The van der Waals surface area contributed by atoms with Gasteiger partial charge in [-0.2, -0.15) is 0 Å². The molecular formula is C27H40O4. The van der Waals surface area contributed by atoms with Crippen LogP contribution >= 0.6 is 0 Å². The SMILES string of the molecule is CCCCCCc1ccc(Oc2ccc(CCCCCC)cc2C(O)C(O)CO)cc1. The van der Waals surface area contributed by atoms with Gasteiger partial charge in [0.15, 0.2) is 0 Å². The topological polar surface area (TPSA) is 69.9 Å². The third-order valence-electron chi connectivity index (χ3n) is 5.73. The summed E-state index contributed by atoms with van der Waals surface area (Å²) in [4.78, 5) is 0. The van der Waals surface area contributed by atoms with Gasteiger partial charge in [0.1, 0.15) is 23.7 Å². The van der Waals surface area contributed by atoms with Gasteiger partial charge in [0.25, 0.3) is 0 Å². The van der Waals surface area contributed by atoms with E-state index >= 15 is 0 Å². The van der Waals surface area contributed by atoms with E-state index in [0.717, 1.165) is 24.8 Å². The quantitative estimate of drug-likeness (QED) is 0.299. The molecule has 0 amide bonds. The first-order valence-electron chi connectivity index (χ1n) is 12.0. The van der Waals surface area contributed by atoms with Crippen LogP contribution in [0.4, 0.5) is 0 Å². The summed E-state index contributed by atoms with van der Waals surface area (Å²) in [5, 5.41) is 29.9. The number of unbranched alkanes of at least 4 members (excludes halogenated alkanes) is 6. The third kappa shape index (κ3) is 8.64. The predicted octanol–water partition coefficient (Wildman–Crippen LogP) is 6.11. The molecule has 0 aliphatic heterocycles. The lowest BCUT2D eigenvalue weighted by Crippen LogP contribution is -2.22. The zero-order chi connectivity index (χ0) is 22.5. The van der Waals surface area contributed by atoms with Gasteiger partial charge in [-0.05, 0) is 61.1 Å². The summed E-state index contributed by atoms with van der Waals surface area (Å²) in [6.07, 6.45) is 9.19. The lowest BCUT2D eigenvalue weighted by atomic mass is 9.98. The van der Waals surface area contributed by atoms with Crippen molar-refractivity contribution < 1.29 is 20.1 Å². The molecule has 0 aromatic heterocycles. The van der Waals surface area contributed by atoms with Gasteiger partial charge in [0, 0.05) is 5.56 Å². The van der Waals surface area contributed by atoms with E-state index in [2.05, 4.69) is 26.0 Å². The molecule has 3 N–H and O–H groups in total. The summed E-state index contributed by atoms with van der Waals surface area (Å²) in [6.45, 7) is 3.90. The molecule has 2 rings (SSSR count). The van der Waals surface area contributed by atoms with Crippen LogP contribution in [0.1, 0.15) is 88.0 Å². The van der Waals surface area contributed by atoms with Crippen LogP contribution in [0.5, 0.6) is 11.5 Å². The highest BCUT2D eigenvalue weighted by atomic mass is 16.5. The van der Waals surface area contributed by atoms with Crippen molar-refractivity contribution in [3.63, 3.8) is 0 Å². The fourth-order valence-corrected chi connectivity index (χ4v) is 3.75. The Balaban J connectivity index is 2.10. The van der Waals surface area contributed by atoms with E-state index < -0.39 is 18.8 Å². The van der Waals surface area contributed by atoms with E-state index in [-0.39, 0.29) is 0 Å². The maximum Gasteiger partial charge on any atom is 0.133 e. The summed E-state index contributed by atoms with van der Waals surface area (Å²) >= 11 is 0. The molecule has 2 unspecified atom stereocenters. The molecule has 31 heavy (non-hydrogen) atoms. The van der Waals surface area contributed by atoms with Gasteiger partial charge in [-0.15, -0.1) is 0 Å². The summed E-state index contributed by atoms with van der Waals surface area (Å²) in [5.41, 5.74) is 2.91. The van der Waals surface area contributed by atoms with Crippen LogP contribution in [0, 0.1) is 0 Å². The molecule has 0 aliphatic rings. The molecule has 4 heteroatoms. The molecular weight excluding hydrogens is 388 g/mol. The Kier molecular flexibility index (Phi) is 11.7. The molecule has 0 saturated heterocycles. The second-order valence-corrected chi connectivity index (χ2v) is 8.43. The van der Waals surface area contributed by atoms with Crippen LogP contribution in [0.3, 0.4) is 0 Å². The van der Waals surface area contributed by atoms with Crippen molar-refractivity contribution in [3.05, 3.63) is 59.2 Å². The standard InChI is InChI=1S/C27H40O4/c1-3-5-7-9-11-21-13-16-23(17-14-21)31-26-18-15-22(12-10-8-6-4-2)19-24(26)27(30)25(29)20-28/h13-19,25,27-30H,3-12,20H2,1-2H3. The van der Waals surface area contributed by atoms with Gasteiger partial charge in [0.05, 0.1) is 6.61 Å². The molecule has 172 valence electrons. The molecule has 0 saturated carbocycles. The molecule has 0 heterocycles. The molecule has 0 radical (unpaired) electrons. The number of aliphatic hydroxyl groups is 3. The summed E-state index contributed by atoms with van der Waals surface area (Å²) in [5.74, 6) is 1.20.